The number of carbonyl (C=O) groups excluding carboxylic acids is 1. The number of hydrogen-bond acceptors (Lipinski definition) is 3. The van der Waals surface area contributed by atoms with Crippen molar-refractivity contribution in [1.29, 1.82) is 0 Å². The number of benzene rings is 1. The minimum Gasteiger partial charge on any atom is -0.383 e. The molecule has 0 saturated carbocycles. The van der Waals surface area contributed by atoms with Gasteiger partial charge in [0, 0.05) is 19.2 Å². The van der Waals surface area contributed by atoms with Crippen molar-refractivity contribution in [3.05, 3.63) is 35.4 Å². The molecule has 0 aliphatic carbocycles. The highest BCUT2D eigenvalue weighted by Crippen LogP contribution is 2.11. The Balaban J connectivity index is 2.73. The van der Waals surface area contributed by atoms with Crippen LogP contribution in [-0.2, 0) is 11.2 Å². The molecule has 106 valence electrons. The van der Waals surface area contributed by atoms with Gasteiger partial charge in [-0.05, 0) is 25.5 Å². The average Bonchev–Trinajstić information content (AvgIpc) is 2.47. The van der Waals surface area contributed by atoms with E-state index >= 15 is 0 Å². The van der Waals surface area contributed by atoms with Crippen LogP contribution in [0.25, 0.3) is 0 Å². The third-order valence-corrected chi connectivity index (χ3v) is 3.56. The van der Waals surface area contributed by atoms with E-state index in [-0.39, 0.29) is 11.8 Å². The third-order valence-electron chi connectivity index (χ3n) is 3.56. The van der Waals surface area contributed by atoms with Crippen molar-refractivity contribution >= 4 is 5.78 Å². The average molecular weight is 263 g/mol. The van der Waals surface area contributed by atoms with Crippen molar-refractivity contribution in [3.63, 3.8) is 0 Å². The van der Waals surface area contributed by atoms with Gasteiger partial charge >= 0.3 is 0 Å². The molecule has 1 rings (SSSR count). The van der Waals surface area contributed by atoms with Crippen molar-refractivity contribution in [2.45, 2.75) is 33.2 Å². The van der Waals surface area contributed by atoms with Crippen molar-refractivity contribution < 1.29 is 9.53 Å². The third kappa shape index (κ3) is 4.44. The summed E-state index contributed by atoms with van der Waals surface area (Å²) in [5, 5.41) is 0. The van der Waals surface area contributed by atoms with E-state index in [1.54, 1.807) is 7.11 Å². The molecule has 3 nitrogen and oxygen atoms in total. The highest BCUT2D eigenvalue weighted by Gasteiger charge is 2.20. The molecule has 0 aromatic heterocycles. The molecular formula is C16H25NO2. The van der Waals surface area contributed by atoms with Gasteiger partial charge in [0.15, 0.2) is 5.78 Å². The summed E-state index contributed by atoms with van der Waals surface area (Å²) in [7, 11) is 1.68. The summed E-state index contributed by atoms with van der Waals surface area (Å²) in [6.45, 7) is 8.44. The van der Waals surface area contributed by atoms with Gasteiger partial charge in [0.1, 0.15) is 0 Å². The van der Waals surface area contributed by atoms with Crippen LogP contribution in [0.2, 0.25) is 0 Å². The molecule has 1 unspecified atom stereocenters. The first-order chi connectivity index (χ1) is 9.13. The van der Waals surface area contributed by atoms with Gasteiger partial charge in [0.25, 0.3) is 0 Å². The molecule has 0 aliphatic heterocycles. The zero-order chi connectivity index (χ0) is 14.3. The van der Waals surface area contributed by atoms with Crippen LogP contribution in [0.4, 0.5) is 0 Å². The number of ketones is 1. The molecule has 3 heteroatoms. The zero-order valence-electron chi connectivity index (χ0n) is 12.5. The predicted molar refractivity (Wildman–Crippen MR) is 78.7 cm³/mol. The smallest absolute Gasteiger partial charge is 0.179 e. The fourth-order valence-electron chi connectivity index (χ4n) is 2.15. The molecule has 1 aromatic rings. The fourth-order valence-corrected chi connectivity index (χ4v) is 2.15. The zero-order valence-corrected chi connectivity index (χ0v) is 12.5. The van der Waals surface area contributed by atoms with Gasteiger partial charge in [-0.25, -0.2) is 0 Å². The van der Waals surface area contributed by atoms with E-state index in [1.165, 1.54) is 5.56 Å². The first kappa shape index (κ1) is 15.9. The number of Topliss-reactive ketones (excluding diaryl/α,β-unsaturated/α-hetero) is 1. The maximum atomic E-state index is 12.4. The molecular weight excluding hydrogens is 238 g/mol. The Kier molecular flexibility index (Phi) is 6.74. The number of rotatable bonds is 8. The van der Waals surface area contributed by atoms with Gasteiger partial charge in [0.2, 0.25) is 0 Å². The summed E-state index contributed by atoms with van der Waals surface area (Å²) in [4.78, 5) is 14.6. The second kappa shape index (κ2) is 8.08. The summed E-state index contributed by atoms with van der Waals surface area (Å²) >= 11 is 0. The summed E-state index contributed by atoms with van der Waals surface area (Å²) in [6.07, 6.45) is 0.999. The lowest BCUT2D eigenvalue weighted by Gasteiger charge is -2.26. The first-order valence-electron chi connectivity index (χ1n) is 7.00. The maximum Gasteiger partial charge on any atom is 0.179 e. The molecule has 0 fully saturated rings. The second-order valence-corrected chi connectivity index (χ2v) is 4.71. The summed E-state index contributed by atoms with van der Waals surface area (Å²) in [5.41, 5.74) is 2.05. The van der Waals surface area contributed by atoms with Crippen LogP contribution in [-0.4, -0.2) is 43.5 Å². The van der Waals surface area contributed by atoms with E-state index < -0.39 is 0 Å². The highest BCUT2D eigenvalue weighted by atomic mass is 16.5. The van der Waals surface area contributed by atoms with Crippen LogP contribution in [0.15, 0.2) is 24.3 Å². The first-order valence-corrected chi connectivity index (χ1v) is 7.00. The number of carbonyl (C=O) groups is 1. The quantitative estimate of drug-likeness (QED) is 0.675. The monoisotopic (exact) mass is 263 g/mol. The Morgan fingerprint density at radius 2 is 1.89 bits per heavy atom. The Hall–Kier alpha value is -1.19. The standard InChI is InChI=1S/C16H25NO2/c1-5-14-7-9-15(10-8-14)16(18)13(3)17(6-2)11-12-19-4/h7-10,13H,5-6,11-12H2,1-4H3. The number of hydrogen-bond donors (Lipinski definition) is 0. The number of ether oxygens (including phenoxy) is 1. The van der Waals surface area contributed by atoms with Crippen LogP contribution >= 0.6 is 0 Å². The molecule has 0 radical (unpaired) electrons. The van der Waals surface area contributed by atoms with Crippen LogP contribution in [0, 0.1) is 0 Å². The number of methoxy groups -OCH3 is 1. The van der Waals surface area contributed by atoms with Crippen molar-refractivity contribution in [2.24, 2.45) is 0 Å². The molecule has 0 saturated heterocycles. The molecule has 0 bridgehead atoms. The maximum absolute atomic E-state index is 12.4. The van der Waals surface area contributed by atoms with E-state index in [9.17, 15) is 4.79 Å². The van der Waals surface area contributed by atoms with Gasteiger partial charge in [-0.15, -0.1) is 0 Å². The van der Waals surface area contributed by atoms with E-state index in [4.69, 9.17) is 4.74 Å². The molecule has 0 amide bonds. The van der Waals surface area contributed by atoms with Gasteiger partial charge in [-0.1, -0.05) is 38.1 Å². The number of aryl methyl sites for hydroxylation is 1. The van der Waals surface area contributed by atoms with Crippen molar-refractivity contribution in [1.82, 2.24) is 4.90 Å². The lowest BCUT2D eigenvalue weighted by molar-refractivity contribution is 0.0788. The summed E-state index contributed by atoms with van der Waals surface area (Å²) in [6, 6.07) is 7.83. The van der Waals surface area contributed by atoms with Gasteiger partial charge in [-0.2, -0.15) is 0 Å². The molecule has 19 heavy (non-hydrogen) atoms. The van der Waals surface area contributed by atoms with Crippen LogP contribution in [0.3, 0.4) is 0 Å². The van der Waals surface area contributed by atoms with Gasteiger partial charge in [-0.3, -0.25) is 9.69 Å². The largest absolute Gasteiger partial charge is 0.383 e. The van der Waals surface area contributed by atoms with Crippen LogP contribution in [0.1, 0.15) is 36.7 Å². The minimum absolute atomic E-state index is 0.104. The normalized spacial score (nSPS) is 12.7. The van der Waals surface area contributed by atoms with Gasteiger partial charge in [0.05, 0.1) is 12.6 Å². The second-order valence-electron chi connectivity index (χ2n) is 4.71. The van der Waals surface area contributed by atoms with Crippen molar-refractivity contribution in [3.8, 4) is 0 Å². The van der Waals surface area contributed by atoms with E-state index in [0.29, 0.717) is 6.61 Å². The minimum atomic E-state index is -0.104. The molecule has 0 heterocycles. The predicted octanol–water partition coefficient (Wildman–Crippen LogP) is 2.79. The SMILES string of the molecule is CCc1ccc(C(=O)C(C)N(CC)CCOC)cc1. The molecule has 1 aromatic carbocycles. The Bertz CT molecular complexity index is 386. The van der Waals surface area contributed by atoms with E-state index in [0.717, 1.165) is 25.1 Å². The highest BCUT2D eigenvalue weighted by molar-refractivity contribution is 5.99. The number of nitrogens with zero attached hydrogens (tertiary/aromatic N) is 1. The number of likely N-dealkylation sites (N-methyl/N-ethyl adjacent to an activating group) is 1. The Morgan fingerprint density at radius 1 is 1.26 bits per heavy atom. The van der Waals surface area contributed by atoms with Crippen molar-refractivity contribution in [2.75, 3.05) is 26.8 Å². The fraction of sp³-hybridized carbons (Fsp3) is 0.562. The lowest BCUT2D eigenvalue weighted by Crippen LogP contribution is -2.40. The van der Waals surface area contributed by atoms with E-state index in [1.807, 2.05) is 31.2 Å². The van der Waals surface area contributed by atoms with Crippen LogP contribution in [0.5, 0.6) is 0 Å². The topological polar surface area (TPSA) is 29.5 Å². The molecule has 0 N–H and O–H groups in total. The lowest BCUT2D eigenvalue weighted by atomic mass is 10.0. The molecule has 1 atom stereocenters. The molecule has 0 spiro atoms. The summed E-state index contributed by atoms with van der Waals surface area (Å²) < 4.78 is 5.09. The van der Waals surface area contributed by atoms with Crippen LogP contribution < -0.4 is 0 Å². The Labute approximate surface area is 116 Å². The molecule has 0 aliphatic rings. The Morgan fingerprint density at radius 3 is 2.37 bits per heavy atom. The van der Waals surface area contributed by atoms with Gasteiger partial charge < -0.3 is 4.74 Å². The van der Waals surface area contributed by atoms with E-state index in [2.05, 4.69) is 18.7 Å². The summed E-state index contributed by atoms with van der Waals surface area (Å²) in [5.74, 6) is 0.181.